The number of hydrogen-bond donors (Lipinski definition) is 3. The number of nitrogens with two attached hydrogens (primary N) is 2. The zero-order chi connectivity index (χ0) is 19.7. The van der Waals surface area contributed by atoms with E-state index in [0.717, 1.165) is 5.56 Å². The quantitative estimate of drug-likeness (QED) is 0.737. The molecule has 0 saturated heterocycles. The SMILES string of the molecule is CC(C)(C)c1ccc(S(=O)(=O)Nc2cc(C(N)=O)cc(C(N)=O)c2)cc1. The highest BCUT2D eigenvalue weighted by molar-refractivity contribution is 7.92. The van der Waals surface area contributed by atoms with Crippen LogP contribution in [0.5, 0.6) is 0 Å². The van der Waals surface area contributed by atoms with Crippen LogP contribution in [-0.4, -0.2) is 20.2 Å². The second-order valence-corrected chi connectivity index (χ2v) is 8.59. The summed E-state index contributed by atoms with van der Waals surface area (Å²) in [6.07, 6.45) is 0. The van der Waals surface area contributed by atoms with Gasteiger partial charge in [0.2, 0.25) is 11.8 Å². The number of nitrogens with one attached hydrogen (secondary N) is 1. The fourth-order valence-electron chi connectivity index (χ4n) is 2.32. The zero-order valence-corrected chi connectivity index (χ0v) is 15.6. The van der Waals surface area contributed by atoms with Gasteiger partial charge in [-0.05, 0) is 41.3 Å². The maximum absolute atomic E-state index is 12.6. The van der Waals surface area contributed by atoms with Gasteiger partial charge in [0.05, 0.1) is 10.6 Å². The molecule has 2 aromatic carbocycles. The van der Waals surface area contributed by atoms with Crippen molar-refractivity contribution < 1.29 is 18.0 Å². The first kappa shape index (κ1) is 19.5. The van der Waals surface area contributed by atoms with Gasteiger partial charge in [-0.25, -0.2) is 8.42 Å². The number of carbonyl (C=O) groups excluding carboxylic acids is 2. The van der Waals surface area contributed by atoms with Crippen molar-refractivity contribution >= 4 is 27.5 Å². The third-order valence-corrected chi connectivity index (χ3v) is 5.18. The lowest BCUT2D eigenvalue weighted by Gasteiger charge is -2.19. The van der Waals surface area contributed by atoms with Crippen molar-refractivity contribution in [3.63, 3.8) is 0 Å². The highest BCUT2D eigenvalue weighted by atomic mass is 32.2. The molecule has 0 bridgehead atoms. The number of carbonyl (C=O) groups is 2. The molecule has 0 fully saturated rings. The van der Waals surface area contributed by atoms with Crippen molar-refractivity contribution in [1.29, 1.82) is 0 Å². The minimum Gasteiger partial charge on any atom is -0.366 e. The molecule has 0 aliphatic heterocycles. The molecule has 0 aromatic heterocycles. The summed E-state index contributed by atoms with van der Waals surface area (Å²) < 4.78 is 27.5. The Labute approximate surface area is 152 Å². The summed E-state index contributed by atoms with van der Waals surface area (Å²) in [6, 6.07) is 10.2. The first-order valence-corrected chi connectivity index (χ1v) is 9.26. The number of anilines is 1. The monoisotopic (exact) mass is 375 g/mol. The second kappa shape index (κ2) is 6.80. The van der Waals surface area contributed by atoms with Gasteiger partial charge >= 0.3 is 0 Å². The Morgan fingerprint density at radius 2 is 1.35 bits per heavy atom. The van der Waals surface area contributed by atoms with Crippen LogP contribution in [0.4, 0.5) is 5.69 Å². The first-order valence-electron chi connectivity index (χ1n) is 7.78. The van der Waals surface area contributed by atoms with E-state index in [1.165, 1.54) is 30.3 Å². The van der Waals surface area contributed by atoms with Crippen molar-refractivity contribution in [2.45, 2.75) is 31.1 Å². The third-order valence-electron chi connectivity index (χ3n) is 3.78. The predicted molar refractivity (Wildman–Crippen MR) is 99.4 cm³/mol. The van der Waals surface area contributed by atoms with E-state index >= 15 is 0 Å². The summed E-state index contributed by atoms with van der Waals surface area (Å²) in [5, 5.41) is 0. The number of sulfonamides is 1. The Bertz CT molecular complexity index is 927. The molecule has 2 aromatic rings. The van der Waals surface area contributed by atoms with Crippen LogP contribution in [0, 0.1) is 0 Å². The van der Waals surface area contributed by atoms with Gasteiger partial charge in [0, 0.05) is 11.1 Å². The van der Waals surface area contributed by atoms with Gasteiger partial charge in [-0.15, -0.1) is 0 Å². The highest BCUT2D eigenvalue weighted by Crippen LogP contribution is 2.25. The van der Waals surface area contributed by atoms with E-state index in [1.807, 2.05) is 20.8 Å². The molecule has 0 radical (unpaired) electrons. The first-order chi connectivity index (χ1) is 11.9. The topological polar surface area (TPSA) is 132 Å². The van der Waals surface area contributed by atoms with E-state index in [-0.39, 0.29) is 27.1 Å². The van der Waals surface area contributed by atoms with Crippen LogP contribution in [0.25, 0.3) is 0 Å². The van der Waals surface area contributed by atoms with Gasteiger partial charge in [0.15, 0.2) is 0 Å². The lowest BCUT2D eigenvalue weighted by atomic mass is 9.87. The molecule has 0 aliphatic carbocycles. The number of benzene rings is 2. The smallest absolute Gasteiger partial charge is 0.261 e. The van der Waals surface area contributed by atoms with Crippen LogP contribution in [0.1, 0.15) is 47.1 Å². The van der Waals surface area contributed by atoms with Crippen molar-refractivity contribution in [1.82, 2.24) is 0 Å². The molecule has 138 valence electrons. The Kier molecular flexibility index (Phi) is 5.09. The molecular formula is C18H21N3O4S. The molecule has 2 rings (SSSR count). The van der Waals surface area contributed by atoms with Crippen LogP contribution < -0.4 is 16.2 Å². The van der Waals surface area contributed by atoms with Crippen molar-refractivity contribution in [2.75, 3.05) is 4.72 Å². The standard InChI is InChI=1S/C18H21N3O4S/c1-18(2,3)13-4-6-15(7-5-13)26(24,25)21-14-9-11(16(19)22)8-12(10-14)17(20)23/h4-10,21H,1-3H3,(H2,19,22)(H2,20,23). The summed E-state index contributed by atoms with van der Waals surface area (Å²) in [6.45, 7) is 6.07. The lowest BCUT2D eigenvalue weighted by molar-refractivity contribution is 0.0999. The normalized spacial score (nSPS) is 11.8. The summed E-state index contributed by atoms with van der Waals surface area (Å²) in [7, 11) is -3.91. The van der Waals surface area contributed by atoms with Gasteiger partial charge in [-0.3, -0.25) is 14.3 Å². The summed E-state index contributed by atoms with van der Waals surface area (Å²) in [5.41, 5.74) is 11.3. The van der Waals surface area contributed by atoms with Gasteiger partial charge < -0.3 is 11.5 Å². The molecule has 26 heavy (non-hydrogen) atoms. The van der Waals surface area contributed by atoms with Crippen LogP contribution >= 0.6 is 0 Å². The van der Waals surface area contributed by atoms with E-state index in [2.05, 4.69) is 4.72 Å². The van der Waals surface area contributed by atoms with Gasteiger partial charge in [-0.2, -0.15) is 0 Å². The van der Waals surface area contributed by atoms with E-state index in [4.69, 9.17) is 11.5 Å². The minimum atomic E-state index is -3.91. The summed E-state index contributed by atoms with van der Waals surface area (Å²) in [4.78, 5) is 22.8. The predicted octanol–water partition coefficient (Wildman–Crippen LogP) is 1.98. The van der Waals surface area contributed by atoms with Crippen LogP contribution in [0.3, 0.4) is 0 Å². The largest absolute Gasteiger partial charge is 0.366 e. The van der Waals surface area contributed by atoms with Crippen LogP contribution in [0.15, 0.2) is 47.4 Å². The molecule has 2 amide bonds. The molecule has 0 aliphatic rings. The number of primary amides is 2. The Hall–Kier alpha value is -2.87. The zero-order valence-electron chi connectivity index (χ0n) is 14.7. The maximum Gasteiger partial charge on any atom is 0.261 e. The molecule has 0 spiro atoms. The molecular weight excluding hydrogens is 354 g/mol. The fourth-order valence-corrected chi connectivity index (χ4v) is 3.36. The van der Waals surface area contributed by atoms with Gasteiger partial charge in [0.25, 0.3) is 10.0 Å². The second-order valence-electron chi connectivity index (χ2n) is 6.91. The molecule has 0 unspecified atom stereocenters. The molecule has 5 N–H and O–H groups in total. The fraction of sp³-hybridized carbons (Fsp3) is 0.222. The van der Waals surface area contributed by atoms with E-state index in [9.17, 15) is 18.0 Å². The lowest BCUT2D eigenvalue weighted by Crippen LogP contribution is -2.18. The van der Waals surface area contributed by atoms with Crippen molar-refractivity contribution in [2.24, 2.45) is 11.5 Å². The molecule has 0 atom stereocenters. The average molecular weight is 375 g/mol. The molecule has 7 nitrogen and oxygen atoms in total. The van der Waals surface area contributed by atoms with E-state index in [0.29, 0.717) is 0 Å². The van der Waals surface area contributed by atoms with Gasteiger partial charge in [0.1, 0.15) is 0 Å². The summed E-state index contributed by atoms with van der Waals surface area (Å²) in [5.74, 6) is -1.61. The summed E-state index contributed by atoms with van der Waals surface area (Å²) >= 11 is 0. The number of amides is 2. The Morgan fingerprint density at radius 1 is 0.885 bits per heavy atom. The number of hydrogen-bond acceptors (Lipinski definition) is 4. The molecule has 0 heterocycles. The van der Waals surface area contributed by atoms with Gasteiger partial charge in [-0.1, -0.05) is 32.9 Å². The highest BCUT2D eigenvalue weighted by Gasteiger charge is 2.19. The molecule has 8 heteroatoms. The Morgan fingerprint density at radius 3 is 1.73 bits per heavy atom. The third kappa shape index (κ3) is 4.40. The van der Waals surface area contributed by atoms with E-state index in [1.54, 1.807) is 12.1 Å². The van der Waals surface area contributed by atoms with E-state index < -0.39 is 21.8 Å². The minimum absolute atomic E-state index is 0.0231. The molecule has 0 saturated carbocycles. The average Bonchev–Trinajstić information content (AvgIpc) is 2.53. The Balaban J connectivity index is 2.40. The van der Waals surface area contributed by atoms with Crippen LogP contribution in [-0.2, 0) is 15.4 Å². The van der Waals surface area contributed by atoms with Crippen molar-refractivity contribution in [3.8, 4) is 0 Å². The van der Waals surface area contributed by atoms with Crippen LogP contribution in [0.2, 0.25) is 0 Å². The number of rotatable bonds is 5. The maximum atomic E-state index is 12.6. The van der Waals surface area contributed by atoms with Crippen molar-refractivity contribution in [3.05, 3.63) is 59.2 Å².